The number of nitrogens with one attached hydrogen (secondary N) is 2. The van der Waals surface area contributed by atoms with Crippen LogP contribution in [-0.2, 0) is 15.0 Å². The van der Waals surface area contributed by atoms with Gasteiger partial charge in [0.25, 0.3) is 0 Å². The van der Waals surface area contributed by atoms with Gasteiger partial charge in [-0.25, -0.2) is 0 Å². The Labute approximate surface area is 122 Å². The van der Waals surface area contributed by atoms with Crippen LogP contribution in [0.3, 0.4) is 0 Å². The number of amides is 2. The second-order valence-electron chi connectivity index (χ2n) is 5.38. The summed E-state index contributed by atoms with van der Waals surface area (Å²) in [7, 11) is 0. The summed E-state index contributed by atoms with van der Waals surface area (Å²) in [5.74, 6) is 0.133. The highest BCUT2D eigenvalue weighted by Crippen LogP contribution is 2.44. The largest absolute Gasteiger partial charge is 0.490 e. The number of anilines is 1. The van der Waals surface area contributed by atoms with Crippen LogP contribution in [0.25, 0.3) is 0 Å². The van der Waals surface area contributed by atoms with Crippen molar-refractivity contribution in [1.29, 1.82) is 0 Å². The quantitative estimate of drug-likeness (QED) is 0.694. The van der Waals surface area contributed by atoms with Crippen LogP contribution < -0.4 is 21.1 Å². The van der Waals surface area contributed by atoms with Gasteiger partial charge in [-0.05, 0) is 30.2 Å². The fourth-order valence-electron chi connectivity index (χ4n) is 3.01. The van der Waals surface area contributed by atoms with Crippen LogP contribution in [0.5, 0.6) is 5.75 Å². The molecule has 6 heteroatoms. The van der Waals surface area contributed by atoms with Crippen LogP contribution in [0.1, 0.15) is 12.0 Å². The van der Waals surface area contributed by atoms with Crippen LogP contribution in [-0.4, -0.2) is 31.0 Å². The van der Waals surface area contributed by atoms with Crippen LogP contribution in [0, 0.1) is 0 Å². The molecule has 2 heterocycles. The lowest BCUT2D eigenvalue weighted by atomic mass is 9.79. The zero-order valence-electron chi connectivity index (χ0n) is 11.5. The van der Waals surface area contributed by atoms with Crippen molar-refractivity contribution in [3.8, 4) is 5.75 Å². The molecule has 0 bridgehead atoms. The van der Waals surface area contributed by atoms with Gasteiger partial charge >= 0.3 is 0 Å². The van der Waals surface area contributed by atoms with Gasteiger partial charge in [-0.3, -0.25) is 9.59 Å². The van der Waals surface area contributed by atoms with E-state index in [1.165, 1.54) is 0 Å². The monoisotopic (exact) mass is 287 g/mol. The van der Waals surface area contributed by atoms with E-state index in [9.17, 15) is 9.59 Å². The molecular formula is C15H17N3O3. The van der Waals surface area contributed by atoms with Crippen LogP contribution in [0.15, 0.2) is 30.9 Å². The highest BCUT2D eigenvalue weighted by atomic mass is 16.5. The summed E-state index contributed by atoms with van der Waals surface area (Å²) in [4.78, 5) is 23.7. The van der Waals surface area contributed by atoms with Crippen LogP contribution in [0.4, 0.5) is 5.69 Å². The van der Waals surface area contributed by atoms with Gasteiger partial charge in [-0.1, -0.05) is 12.7 Å². The third-order valence-corrected chi connectivity index (χ3v) is 4.10. The number of carbonyl (C=O) groups is 2. The summed E-state index contributed by atoms with van der Waals surface area (Å²) in [6, 6.07) is 4.98. The van der Waals surface area contributed by atoms with Crippen molar-refractivity contribution in [2.24, 2.45) is 5.73 Å². The lowest BCUT2D eigenvalue weighted by Crippen LogP contribution is -2.36. The summed E-state index contributed by atoms with van der Waals surface area (Å²) in [5.41, 5.74) is 6.21. The maximum atomic E-state index is 12.4. The Morgan fingerprint density at radius 1 is 1.57 bits per heavy atom. The van der Waals surface area contributed by atoms with Crippen LogP contribution >= 0.6 is 0 Å². The van der Waals surface area contributed by atoms with E-state index in [1.54, 1.807) is 12.1 Å². The van der Waals surface area contributed by atoms with E-state index in [-0.39, 0.29) is 5.91 Å². The van der Waals surface area contributed by atoms with Gasteiger partial charge < -0.3 is 21.1 Å². The summed E-state index contributed by atoms with van der Waals surface area (Å²) in [5, 5.41) is 5.90. The lowest BCUT2D eigenvalue weighted by molar-refractivity contribution is -0.120. The highest BCUT2D eigenvalue weighted by Gasteiger charge is 2.52. The molecule has 4 N–H and O–H groups in total. The van der Waals surface area contributed by atoms with E-state index in [2.05, 4.69) is 17.2 Å². The molecule has 0 radical (unpaired) electrons. The van der Waals surface area contributed by atoms with Crippen molar-refractivity contribution in [2.75, 3.05) is 18.5 Å². The molecule has 0 saturated carbocycles. The Balaban J connectivity index is 1.96. The Morgan fingerprint density at radius 3 is 3.05 bits per heavy atom. The van der Waals surface area contributed by atoms with Crippen molar-refractivity contribution in [3.63, 3.8) is 0 Å². The number of fused-ring (bicyclic) bond motifs is 2. The Bertz CT molecular complexity index is 629. The second kappa shape index (κ2) is 4.89. The number of nitrogens with two attached hydrogens (primary N) is 1. The molecule has 0 aliphatic carbocycles. The first-order valence-electron chi connectivity index (χ1n) is 6.79. The van der Waals surface area contributed by atoms with Crippen molar-refractivity contribution < 1.29 is 14.3 Å². The van der Waals surface area contributed by atoms with E-state index in [0.717, 1.165) is 11.3 Å². The van der Waals surface area contributed by atoms with Gasteiger partial charge in [0.05, 0.1) is 11.5 Å². The Kier molecular flexibility index (Phi) is 3.17. The SMILES string of the molecule is C=CCOc1ccc2c(c1)[C@]1(CN[C@H](C(N)=O)C1)C(=O)N2. The van der Waals surface area contributed by atoms with E-state index in [0.29, 0.717) is 25.3 Å². The molecule has 2 atom stereocenters. The summed E-state index contributed by atoms with van der Waals surface area (Å²) in [6.07, 6.45) is 2.03. The average molecular weight is 287 g/mol. The fourth-order valence-corrected chi connectivity index (χ4v) is 3.01. The zero-order valence-corrected chi connectivity index (χ0v) is 11.5. The van der Waals surface area contributed by atoms with E-state index < -0.39 is 17.4 Å². The standard InChI is InChI=1S/C15H17N3O3/c1-2-5-21-9-3-4-11-10(6-9)15(14(20)18-11)7-12(13(16)19)17-8-15/h2-4,6,12,17H,1,5,7-8H2,(H2,16,19)(H,18,20)/t12-,15-/m0/s1. The molecule has 1 fully saturated rings. The molecule has 6 nitrogen and oxygen atoms in total. The van der Waals surface area contributed by atoms with Gasteiger partial charge in [0.2, 0.25) is 11.8 Å². The Hall–Kier alpha value is -2.34. The first kappa shape index (κ1) is 13.6. The van der Waals surface area contributed by atoms with Crippen molar-refractivity contribution in [2.45, 2.75) is 17.9 Å². The predicted octanol–water partition coefficient (Wildman–Crippen LogP) is 0.289. The fraction of sp³-hybridized carbons (Fsp3) is 0.333. The predicted molar refractivity (Wildman–Crippen MR) is 78.0 cm³/mol. The van der Waals surface area contributed by atoms with Crippen molar-refractivity contribution in [1.82, 2.24) is 5.32 Å². The number of hydrogen-bond acceptors (Lipinski definition) is 4. The Morgan fingerprint density at radius 2 is 2.38 bits per heavy atom. The highest BCUT2D eigenvalue weighted by molar-refractivity contribution is 6.07. The first-order valence-corrected chi connectivity index (χ1v) is 6.79. The second-order valence-corrected chi connectivity index (χ2v) is 5.38. The summed E-state index contributed by atoms with van der Waals surface area (Å²) >= 11 is 0. The molecule has 2 aliphatic rings. The van der Waals surface area contributed by atoms with E-state index in [1.807, 2.05) is 12.1 Å². The number of ether oxygens (including phenoxy) is 1. The van der Waals surface area contributed by atoms with Gasteiger partial charge in [-0.15, -0.1) is 0 Å². The zero-order chi connectivity index (χ0) is 15.0. The molecule has 0 aromatic heterocycles. The number of rotatable bonds is 4. The van der Waals surface area contributed by atoms with Crippen molar-refractivity contribution in [3.05, 3.63) is 36.4 Å². The summed E-state index contributed by atoms with van der Waals surface area (Å²) < 4.78 is 5.52. The number of hydrogen-bond donors (Lipinski definition) is 3. The molecule has 21 heavy (non-hydrogen) atoms. The third kappa shape index (κ3) is 2.08. The number of benzene rings is 1. The van der Waals surface area contributed by atoms with Crippen LogP contribution in [0.2, 0.25) is 0 Å². The van der Waals surface area contributed by atoms with E-state index in [4.69, 9.17) is 10.5 Å². The molecule has 1 saturated heterocycles. The van der Waals surface area contributed by atoms with Crippen molar-refractivity contribution >= 4 is 17.5 Å². The maximum Gasteiger partial charge on any atom is 0.236 e. The molecule has 1 spiro atoms. The minimum absolute atomic E-state index is 0.102. The molecule has 3 rings (SSSR count). The molecule has 2 amide bonds. The number of primary amides is 1. The molecule has 0 unspecified atom stereocenters. The molecular weight excluding hydrogens is 270 g/mol. The van der Waals surface area contributed by atoms with Gasteiger partial charge in [0, 0.05) is 12.2 Å². The molecule has 1 aromatic carbocycles. The minimum atomic E-state index is -0.747. The maximum absolute atomic E-state index is 12.4. The normalized spacial score (nSPS) is 26.5. The first-order chi connectivity index (χ1) is 10.1. The smallest absolute Gasteiger partial charge is 0.236 e. The minimum Gasteiger partial charge on any atom is -0.490 e. The topological polar surface area (TPSA) is 93.4 Å². The number of carbonyl (C=O) groups excluding carboxylic acids is 2. The molecule has 2 aliphatic heterocycles. The van der Waals surface area contributed by atoms with Gasteiger partial charge in [-0.2, -0.15) is 0 Å². The lowest BCUT2D eigenvalue weighted by Gasteiger charge is -2.20. The third-order valence-electron chi connectivity index (χ3n) is 4.10. The van der Waals surface area contributed by atoms with E-state index >= 15 is 0 Å². The molecule has 1 aromatic rings. The molecule has 110 valence electrons. The summed E-state index contributed by atoms with van der Waals surface area (Å²) in [6.45, 7) is 4.40. The average Bonchev–Trinajstić information content (AvgIpc) is 3.02. The van der Waals surface area contributed by atoms with Gasteiger partial charge in [0.15, 0.2) is 0 Å². The van der Waals surface area contributed by atoms with Gasteiger partial charge in [0.1, 0.15) is 12.4 Å².